The van der Waals surface area contributed by atoms with E-state index in [-0.39, 0.29) is 0 Å². The van der Waals surface area contributed by atoms with Crippen LogP contribution in [0.15, 0.2) is 78.9 Å². The average molecular weight is 473 g/mol. The van der Waals surface area contributed by atoms with Gasteiger partial charge in [0.05, 0.1) is 6.61 Å². The van der Waals surface area contributed by atoms with Gasteiger partial charge >= 0.3 is 0 Å². The molecule has 0 bridgehead atoms. The maximum absolute atomic E-state index is 6.02. The summed E-state index contributed by atoms with van der Waals surface area (Å²) in [7, 11) is 0. The lowest BCUT2D eigenvalue weighted by molar-refractivity contribution is 0.306. The van der Waals surface area contributed by atoms with Crippen LogP contribution in [0.4, 0.5) is 5.69 Å². The molecule has 1 aliphatic rings. The van der Waals surface area contributed by atoms with Crippen molar-refractivity contribution in [3.8, 4) is 11.5 Å². The minimum absolute atomic E-state index is 0.535. The number of rotatable bonds is 12. The molecular formula is C31H40N2O2. The van der Waals surface area contributed by atoms with Gasteiger partial charge in [0, 0.05) is 37.9 Å². The van der Waals surface area contributed by atoms with E-state index in [1.54, 1.807) is 0 Å². The lowest BCUT2D eigenvalue weighted by Gasteiger charge is -2.32. The fourth-order valence-electron chi connectivity index (χ4n) is 4.72. The van der Waals surface area contributed by atoms with Crippen LogP contribution >= 0.6 is 0 Å². The Kier molecular flexibility index (Phi) is 9.08. The molecular weight excluding hydrogens is 432 g/mol. The molecule has 3 aromatic carbocycles. The van der Waals surface area contributed by atoms with E-state index in [0.29, 0.717) is 25.2 Å². The highest BCUT2D eigenvalue weighted by Crippen LogP contribution is 2.27. The van der Waals surface area contributed by atoms with Crippen LogP contribution < -0.4 is 14.4 Å². The highest BCUT2D eigenvalue weighted by Gasteiger charge is 2.28. The van der Waals surface area contributed by atoms with Crippen LogP contribution in [0.25, 0.3) is 0 Å². The van der Waals surface area contributed by atoms with Gasteiger partial charge in [-0.3, -0.25) is 4.90 Å². The predicted molar refractivity (Wildman–Crippen MR) is 145 cm³/mol. The third-order valence-electron chi connectivity index (χ3n) is 6.69. The molecule has 1 atom stereocenters. The Morgan fingerprint density at radius 1 is 0.857 bits per heavy atom. The lowest BCUT2D eigenvalue weighted by Crippen LogP contribution is -2.38. The molecule has 1 aliphatic heterocycles. The van der Waals surface area contributed by atoms with Gasteiger partial charge in [0.1, 0.15) is 18.1 Å². The second kappa shape index (κ2) is 12.6. The quantitative estimate of drug-likeness (QED) is 0.290. The molecule has 4 heteroatoms. The van der Waals surface area contributed by atoms with Crippen molar-refractivity contribution in [2.24, 2.45) is 5.92 Å². The number of likely N-dealkylation sites (tertiary alicyclic amines) is 1. The molecule has 0 spiro atoms. The summed E-state index contributed by atoms with van der Waals surface area (Å²) in [5.74, 6) is 2.56. The number of anilines is 1. The summed E-state index contributed by atoms with van der Waals surface area (Å²) < 4.78 is 11.6. The van der Waals surface area contributed by atoms with Gasteiger partial charge in [0.15, 0.2) is 0 Å². The normalized spacial score (nSPS) is 15.9. The van der Waals surface area contributed by atoms with E-state index in [0.717, 1.165) is 37.7 Å². The fraction of sp³-hybridized carbons (Fsp3) is 0.419. The van der Waals surface area contributed by atoms with E-state index >= 15 is 0 Å². The number of benzene rings is 3. The molecule has 1 fully saturated rings. The van der Waals surface area contributed by atoms with Crippen molar-refractivity contribution >= 4 is 5.69 Å². The molecule has 3 aromatic rings. The molecule has 1 saturated heterocycles. The standard InChI is InChI=1S/C31H40N2O2/c1-4-34-30-14-10-26(11-15-30)22-32-20-19-29(23-32)33(21-18-25(2)3)28-12-16-31(17-13-28)35-24-27-8-6-5-7-9-27/h5-17,25,29H,4,18-24H2,1-3H3. The summed E-state index contributed by atoms with van der Waals surface area (Å²) in [4.78, 5) is 5.21. The highest BCUT2D eigenvalue weighted by atomic mass is 16.5. The maximum atomic E-state index is 6.02. The minimum Gasteiger partial charge on any atom is -0.494 e. The van der Waals surface area contributed by atoms with Crippen molar-refractivity contribution in [2.75, 3.05) is 31.1 Å². The molecule has 35 heavy (non-hydrogen) atoms. The first-order valence-corrected chi connectivity index (χ1v) is 13.1. The van der Waals surface area contributed by atoms with Crippen molar-refractivity contribution in [3.05, 3.63) is 90.0 Å². The molecule has 0 aliphatic carbocycles. The van der Waals surface area contributed by atoms with Crippen LogP contribution in [0, 0.1) is 5.92 Å². The molecule has 4 rings (SSSR count). The summed E-state index contributed by atoms with van der Waals surface area (Å²) in [5.41, 5.74) is 3.84. The Balaban J connectivity index is 1.37. The maximum Gasteiger partial charge on any atom is 0.119 e. The monoisotopic (exact) mass is 472 g/mol. The third-order valence-corrected chi connectivity index (χ3v) is 6.69. The van der Waals surface area contributed by atoms with Gasteiger partial charge in [-0.05, 0) is 73.2 Å². The zero-order valence-electron chi connectivity index (χ0n) is 21.5. The van der Waals surface area contributed by atoms with Crippen LogP contribution in [0.3, 0.4) is 0 Å². The van der Waals surface area contributed by atoms with E-state index in [1.165, 1.54) is 29.7 Å². The Bertz CT molecular complexity index is 1000. The van der Waals surface area contributed by atoms with Crippen molar-refractivity contribution in [3.63, 3.8) is 0 Å². The van der Waals surface area contributed by atoms with Gasteiger partial charge in [-0.1, -0.05) is 56.3 Å². The molecule has 186 valence electrons. The van der Waals surface area contributed by atoms with Gasteiger partial charge < -0.3 is 14.4 Å². The van der Waals surface area contributed by atoms with E-state index in [2.05, 4.69) is 96.4 Å². The van der Waals surface area contributed by atoms with Gasteiger partial charge in [-0.15, -0.1) is 0 Å². The van der Waals surface area contributed by atoms with E-state index in [1.807, 2.05) is 13.0 Å². The number of nitrogens with zero attached hydrogens (tertiary/aromatic N) is 2. The van der Waals surface area contributed by atoms with Crippen molar-refractivity contribution in [1.29, 1.82) is 0 Å². The van der Waals surface area contributed by atoms with E-state index in [4.69, 9.17) is 9.47 Å². The smallest absolute Gasteiger partial charge is 0.119 e. The second-order valence-corrected chi connectivity index (χ2v) is 9.90. The number of ether oxygens (including phenoxy) is 2. The van der Waals surface area contributed by atoms with Crippen molar-refractivity contribution in [2.45, 2.75) is 52.8 Å². The first-order chi connectivity index (χ1) is 17.1. The van der Waals surface area contributed by atoms with Gasteiger partial charge in [-0.2, -0.15) is 0 Å². The number of hydrogen-bond acceptors (Lipinski definition) is 4. The molecule has 0 N–H and O–H groups in total. The van der Waals surface area contributed by atoms with Crippen LogP contribution in [0.2, 0.25) is 0 Å². The van der Waals surface area contributed by atoms with Crippen molar-refractivity contribution in [1.82, 2.24) is 4.90 Å². The molecule has 0 amide bonds. The first-order valence-electron chi connectivity index (χ1n) is 13.1. The topological polar surface area (TPSA) is 24.9 Å². The average Bonchev–Trinajstić information content (AvgIpc) is 3.33. The Hall–Kier alpha value is -2.98. The van der Waals surface area contributed by atoms with Crippen LogP contribution in [-0.4, -0.2) is 37.2 Å². The molecule has 1 unspecified atom stereocenters. The second-order valence-electron chi connectivity index (χ2n) is 9.90. The summed E-state index contributed by atoms with van der Waals surface area (Å²) in [5, 5.41) is 0. The van der Waals surface area contributed by atoms with Crippen LogP contribution in [-0.2, 0) is 13.2 Å². The SMILES string of the molecule is CCOc1ccc(CN2CCC(N(CCC(C)C)c3ccc(OCc4ccccc4)cc3)C2)cc1. The van der Waals surface area contributed by atoms with Gasteiger partial charge in [0.25, 0.3) is 0 Å². The van der Waals surface area contributed by atoms with Crippen LogP contribution in [0.1, 0.15) is 44.7 Å². The molecule has 4 nitrogen and oxygen atoms in total. The van der Waals surface area contributed by atoms with Gasteiger partial charge in [-0.25, -0.2) is 0 Å². The molecule has 1 heterocycles. The zero-order chi connectivity index (χ0) is 24.5. The summed E-state index contributed by atoms with van der Waals surface area (Å²) in [6.07, 6.45) is 2.39. The molecule has 0 aromatic heterocycles. The minimum atomic E-state index is 0.535. The predicted octanol–water partition coefficient (Wildman–Crippen LogP) is 6.79. The summed E-state index contributed by atoms with van der Waals surface area (Å²) in [6, 6.07) is 28.1. The largest absolute Gasteiger partial charge is 0.494 e. The summed E-state index contributed by atoms with van der Waals surface area (Å²) in [6.45, 7) is 12.3. The Morgan fingerprint density at radius 3 is 2.23 bits per heavy atom. The zero-order valence-corrected chi connectivity index (χ0v) is 21.5. The Morgan fingerprint density at radius 2 is 1.54 bits per heavy atom. The fourth-order valence-corrected chi connectivity index (χ4v) is 4.72. The number of hydrogen-bond donors (Lipinski definition) is 0. The van der Waals surface area contributed by atoms with Crippen LogP contribution in [0.5, 0.6) is 11.5 Å². The first kappa shape index (κ1) is 25.1. The molecule has 0 saturated carbocycles. The highest BCUT2D eigenvalue weighted by molar-refractivity contribution is 5.50. The Labute approximate surface area is 211 Å². The summed E-state index contributed by atoms with van der Waals surface area (Å²) >= 11 is 0. The lowest BCUT2D eigenvalue weighted by atomic mass is 10.1. The van der Waals surface area contributed by atoms with Crippen molar-refractivity contribution < 1.29 is 9.47 Å². The van der Waals surface area contributed by atoms with E-state index < -0.39 is 0 Å². The van der Waals surface area contributed by atoms with E-state index in [9.17, 15) is 0 Å². The third kappa shape index (κ3) is 7.50. The van der Waals surface area contributed by atoms with Gasteiger partial charge in [0.2, 0.25) is 0 Å². The molecule has 0 radical (unpaired) electrons.